The van der Waals surface area contributed by atoms with Gasteiger partial charge in [0.15, 0.2) is 0 Å². The fourth-order valence-electron chi connectivity index (χ4n) is 2.47. The molecule has 3 heteroatoms. The molecule has 1 aliphatic heterocycles. The van der Waals surface area contributed by atoms with E-state index in [0.29, 0.717) is 0 Å². The normalized spacial score (nSPS) is 21.2. The SMILES string of the molecule is CCCCOCCCN1CCC(CNC(C)(C)C)C1. The van der Waals surface area contributed by atoms with Crippen LogP contribution in [0, 0.1) is 5.92 Å². The van der Waals surface area contributed by atoms with Gasteiger partial charge in [0.05, 0.1) is 0 Å². The molecule has 114 valence electrons. The highest BCUT2D eigenvalue weighted by atomic mass is 16.5. The van der Waals surface area contributed by atoms with Gasteiger partial charge in [-0.2, -0.15) is 0 Å². The van der Waals surface area contributed by atoms with Crippen LogP contribution in [-0.2, 0) is 4.74 Å². The van der Waals surface area contributed by atoms with E-state index >= 15 is 0 Å². The number of ether oxygens (including phenoxy) is 1. The molecule has 1 saturated heterocycles. The largest absolute Gasteiger partial charge is 0.381 e. The monoisotopic (exact) mass is 270 g/mol. The lowest BCUT2D eigenvalue weighted by Crippen LogP contribution is -2.39. The first-order valence-corrected chi connectivity index (χ1v) is 8.06. The van der Waals surface area contributed by atoms with Crippen LogP contribution >= 0.6 is 0 Å². The summed E-state index contributed by atoms with van der Waals surface area (Å²) in [6, 6.07) is 0. The van der Waals surface area contributed by atoms with Gasteiger partial charge in [0.2, 0.25) is 0 Å². The third kappa shape index (κ3) is 8.61. The molecule has 0 aliphatic carbocycles. The average molecular weight is 270 g/mol. The Morgan fingerprint density at radius 3 is 2.63 bits per heavy atom. The standard InChI is InChI=1S/C16H34N2O/c1-5-6-11-19-12-7-9-18-10-8-15(14-18)13-17-16(2,3)4/h15,17H,5-14H2,1-4H3. The van der Waals surface area contributed by atoms with Crippen LogP contribution in [0.15, 0.2) is 0 Å². The van der Waals surface area contributed by atoms with Gasteiger partial charge in [-0.3, -0.25) is 0 Å². The Labute approximate surface area is 120 Å². The van der Waals surface area contributed by atoms with Crippen molar-refractivity contribution in [2.75, 3.05) is 39.4 Å². The highest BCUT2D eigenvalue weighted by Gasteiger charge is 2.23. The van der Waals surface area contributed by atoms with E-state index in [9.17, 15) is 0 Å². The summed E-state index contributed by atoms with van der Waals surface area (Å²) in [5.74, 6) is 0.834. The predicted octanol–water partition coefficient (Wildman–Crippen LogP) is 2.90. The molecule has 0 bridgehead atoms. The van der Waals surface area contributed by atoms with Crippen molar-refractivity contribution in [3.63, 3.8) is 0 Å². The van der Waals surface area contributed by atoms with Crippen molar-refractivity contribution in [1.29, 1.82) is 0 Å². The van der Waals surface area contributed by atoms with Crippen LogP contribution in [0.1, 0.15) is 53.4 Å². The summed E-state index contributed by atoms with van der Waals surface area (Å²) >= 11 is 0. The number of nitrogens with one attached hydrogen (secondary N) is 1. The molecule has 1 rings (SSSR count). The van der Waals surface area contributed by atoms with Gasteiger partial charge < -0.3 is 15.0 Å². The highest BCUT2D eigenvalue weighted by molar-refractivity contribution is 4.80. The molecule has 1 aliphatic rings. The van der Waals surface area contributed by atoms with Gasteiger partial charge in [-0.15, -0.1) is 0 Å². The summed E-state index contributed by atoms with van der Waals surface area (Å²) in [6.07, 6.45) is 4.96. The third-order valence-corrected chi connectivity index (χ3v) is 3.70. The molecule has 0 spiro atoms. The van der Waals surface area contributed by atoms with E-state index in [0.717, 1.165) is 25.7 Å². The molecule has 1 N–H and O–H groups in total. The summed E-state index contributed by atoms with van der Waals surface area (Å²) in [4.78, 5) is 2.60. The summed E-state index contributed by atoms with van der Waals surface area (Å²) < 4.78 is 5.61. The van der Waals surface area contributed by atoms with Crippen LogP contribution in [0.3, 0.4) is 0 Å². The van der Waals surface area contributed by atoms with Crippen molar-refractivity contribution >= 4 is 0 Å². The van der Waals surface area contributed by atoms with Gasteiger partial charge in [0.25, 0.3) is 0 Å². The van der Waals surface area contributed by atoms with Crippen LogP contribution in [-0.4, -0.2) is 49.8 Å². The molecular formula is C16H34N2O. The van der Waals surface area contributed by atoms with E-state index in [-0.39, 0.29) is 5.54 Å². The van der Waals surface area contributed by atoms with E-state index < -0.39 is 0 Å². The maximum Gasteiger partial charge on any atom is 0.0478 e. The van der Waals surface area contributed by atoms with Gasteiger partial charge in [0.1, 0.15) is 0 Å². The lowest BCUT2D eigenvalue weighted by molar-refractivity contribution is 0.120. The second-order valence-electron chi connectivity index (χ2n) is 6.91. The molecule has 1 atom stereocenters. The summed E-state index contributed by atoms with van der Waals surface area (Å²) in [6.45, 7) is 15.7. The smallest absolute Gasteiger partial charge is 0.0478 e. The molecule has 0 radical (unpaired) electrons. The third-order valence-electron chi connectivity index (χ3n) is 3.70. The number of unbranched alkanes of at least 4 members (excludes halogenated alkanes) is 1. The molecule has 0 amide bonds. The number of nitrogens with zero attached hydrogens (tertiary/aromatic N) is 1. The predicted molar refractivity (Wildman–Crippen MR) is 82.6 cm³/mol. The van der Waals surface area contributed by atoms with Crippen molar-refractivity contribution in [3.05, 3.63) is 0 Å². The van der Waals surface area contributed by atoms with Gasteiger partial charge >= 0.3 is 0 Å². The van der Waals surface area contributed by atoms with Gasteiger partial charge in [-0.1, -0.05) is 13.3 Å². The van der Waals surface area contributed by atoms with Crippen LogP contribution in [0.5, 0.6) is 0 Å². The van der Waals surface area contributed by atoms with E-state index in [2.05, 4.69) is 37.9 Å². The molecule has 0 saturated carbocycles. The van der Waals surface area contributed by atoms with E-state index in [4.69, 9.17) is 4.74 Å². The Balaban J connectivity index is 1.99. The summed E-state index contributed by atoms with van der Waals surface area (Å²) in [7, 11) is 0. The Kier molecular flexibility index (Phi) is 7.96. The van der Waals surface area contributed by atoms with Gasteiger partial charge in [0, 0.05) is 31.8 Å². The van der Waals surface area contributed by atoms with E-state index in [1.807, 2.05) is 0 Å². The van der Waals surface area contributed by atoms with Crippen LogP contribution in [0.25, 0.3) is 0 Å². The van der Waals surface area contributed by atoms with Crippen LogP contribution in [0.2, 0.25) is 0 Å². The van der Waals surface area contributed by atoms with Crippen molar-refractivity contribution in [3.8, 4) is 0 Å². The fourth-order valence-corrected chi connectivity index (χ4v) is 2.47. The second kappa shape index (κ2) is 8.93. The van der Waals surface area contributed by atoms with Crippen molar-refractivity contribution in [2.24, 2.45) is 5.92 Å². The molecular weight excluding hydrogens is 236 g/mol. The minimum absolute atomic E-state index is 0.251. The number of likely N-dealkylation sites (tertiary alicyclic amines) is 1. The second-order valence-corrected chi connectivity index (χ2v) is 6.91. The zero-order chi connectivity index (χ0) is 14.1. The fraction of sp³-hybridized carbons (Fsp3) is 1.00. The van der Waals surface area contributed by atoms with Crippen molar-refractivity contribution in [2.45, 2.75) is 58.9 Å². The molecule has 0 aromatic heterocycles. The highest BCUT2D eigenvalue weighted by Crippen LogP contribution is 2.16. The van der Waals surface area contributed by atoms with E-state index in [1.165, 1.54) is 45.3 Å². The Bertz CT molecular complexity index is 225. The first-order valence-electron chi connectivity index (χ1n) is 8.06. The molecule has 1 fully saturated rings. The number of hydrogen-bond donors (Lipinski definition) is 1. The van der Waals surface area contributed by atoms with Crippen LogP contribution < -0.4 is 5.32 Å². The minimum Gasteiger partial charge on any atom is -0.381 e. The maximum atomic E-state index is 5.61. The summed E-state index contributed by atoms with van der Waals surface area (Å²) in [5, 5.41) is 3.62. The first kappa shape index (κ1) is 16.9. The summed E-state index contributed by atoms with van der Waals surface area (Å²) in [5.41, 5.74) is 0.251. The number of rotatable bonds is 9. The quantitative estimate of drug-likeness (QED) is 0.652. The Morgan fingerprint density at radius 1 is 1.21 bits per heavy atom. The number of hydrogen-bond acceptors (Lipinski definition) is 3. The molecule has 19 heavy (non-hydrogen) atoms. The van der Waals surface area contributed by atoms with Crippen molar-refractivity contribution < 1.29 is 4.74 Å². The average Bonchev–Trinajstić information content (AvgIpc) is 2.78. The van der Waals surface area contributed by atoms with Gasteiger partial charge in [-0.05, 0) is 59.0 Å². The Morgan fingerprint density at radius 2 is 1.95 bits per heavy atom. The Hall–Kier alpha value is -0.120. The molecule has 1 heterocycles. The molecule has 0 aromatic rings. The minimum atomic E-state index is 0.251. The van der Waals surface area contributed by atoms with Crippen molar-refractivity contribution in [1.82, 2.24) is 10.2 Å². The zero-order valence-electron chi connectivity index (χ0n) is 13.5. The maximum absolute atomic E-state index is 5.61. The van der Waals surface area contributed by atoms with Gasteiger partial charge in [-0.25, -0.2) is 0 Å². The molecule has 1 unspecified atom stereocenters. The first-order chi connectivity index (χ1) is 9.01. The lowest BCUT2D eigenvalue weighted by Gasteiger charge is -2.23. The molecule has 0 aromatic carbocycles. The zero-order valence-corrected chi connectivity index (χ0v) is 13.5. The van der Waals surface area contributed by atoms with E-state index in [1.54, 1.807) is 0 Å². The topological polar surface area (TPSA) is 24.5 Å². The lowest BCUT2D eigenvalue weighted by atomic mass is 10.1. The molecule has 3 nitrogen and oxygen atoms in total. The van der Waals surface area contributed by atoms with Crippen LogP contribution in [0.4, 0.5) is 0 Å².